The van der Waals surface area contributed by atoms with Gasteiger partial charge in [0.25, 0.3) is 0 Å². The number of furan rings is 1. The number of rotatable bonds is 3. The van der Waals surface area contributed by atoms with Crippen molar-refractivity contribution in [1.82, 2.24) is 0 Å². The maximum Gasteiger partial charge on any atom is 0.136 e. The molecular formula is C48H28O. The zero-order chi connectivity index (χ0) is 32.1. The molecule has 0 unspecified atom stereocenters. The van der Waals surface area contributed by atoms with E-state index in [-0.39, 0.29) is 0 Å². The van der Waals surface area contributed by atoms with Gasteiger partial charge in [-0.1, -0.05) is 146 Å². The van der Waals surface area contributed by atoms with Crippen molar-refractivity contribution in [2.45, 2.75) is 0 Å². The zero-order valence-electron chi connectivity index (χ0n) is 26.6. The molecule has 0 aliphatic heterocycles. The van der Waals surface area contributed by atoms with Crippen molar-refractivity contribution in [2.24, 2.45) is 0 Å². The van der Waals surface area contributed by atoms with E-state index in [1.807, 2.05) is 0 Å². The van der Waals surface area contributed by atoms with Crippen molar-refractivity contribution >= 4 is 75.8 Å². The fourth-order valence-corrected chi connectivity index (χ4v) is 8.35. The summed E-state index contributed by atoms with van der Waals surface area (Å²) in [5.74, 6) is 0. The van der Waals surface area contributed by atoms with Gasteiger partial charge >= 0.3 is 0 Å². The molecule has 0 amide bonds. The molecule has 0 radical (unpaired) electrons. The fraction of sp³-hybridized carbons (Fsp3) is 0. The first-order valence-electron chi connectivity index (χ1n) is 16.9. The fourth-order valence-electron chi connectivity index (χ4n) is 8.35. The van der Waals surface area contributed by atoms with Gasteiger partial charge in [-0.05, 0) is 112 Å². The summed E-state index contributed by atoms with van der Waals surface area (Å²) >= 11 is 0. The van der Waals surface area contributed by atoms with E-state index in [1.54, 1.807) is 0 Å². The molecular weight excluding hydrogens is 593 g/mol. The van der Waals surface area contributed by atoms with Crippen molar-refractivity contribution in [3.63, 3.8) is 0 Å². The SMILES string of the molecule is c1ccc(-c2ccc(-c3cc(-c4ccc5ccc6cccc7ccc4c5c67)c4c(c3)oc3cc5ccccc5cc34)c3ccccc23)cc1. The third-order valence-corrected chi connectivity index (χ3v) is 10.6. The predicted octanol–water partition coefficient (Wildman–Crippen LogP) is 13.8. The minimum atomic E-state index is 0.903. The minimum absolute atomic E-state index is 0.903. The Kier molecular flexibility index (Phi) is 5.45. The lowest BCUT2D eigenvalue weighted by molar-refractivity contribution is 0.669. The molecule has 0 bridgehead atoms. The van der Waals surface area contributed by atoms with Crippen LogP contribution in [0.2, 0.25) is 0 Å². The Morgan fingerprint density at radius 2 is 0.857 bits per heavy atom. The second-order valence-corrected chi connectivity index (χ2v) is 13.2. The van der Waals surface area contributed by atoms with E-state index in [1.165, 1.54) is 81.7 Å². The molecule has 0 saturated carbocycles. The van der Waals surface area contributed by atoms with Gasteiger partial charge in [0, 0.05) is 10.8 Å². The van der Waals surface area contributed by atoms with Crippen LogP contribution in [0, 0.1) is 0 Å². The molecule has 1 heterocycles. The normalized spacial score (nSPS) is 12.1. The van der Waals surface area contributed by atoms with Gasteiger partial charge in [0.15, 0.2) is 0 Å². The molecule has 0 spiro atoms. The van der Waals surface area contributed by atoms with Crippen LogP contribution in [0.25, 0.3) is 109 Å². The first-order chi connectivity index (χ1) is 24.3. The van der Waals surface area contributed by atoms with E-state index in [9.17, 15) is 0 Å². The second-order valence-electron chi connectivity index (χ2n) is 13.2. The molecule has 1 aromatic heterocycles. The average Bonchev–Trinajstić information content (AvgIpc) is 3.52. The maximum absolute atomic E-state index is 6.82. The van der Waals surface area contributed by atoms with Gasteiger partial charge in [-0.25, -0.2) is 0 Å². The highest BCUT2D eigenvalue weighted by molar-refractivity contribution is 6.27. The first-order valence-corrected chi connectivity index (χ1v) is 16.9. The third-order valence-electron chi connectivity index (χ3n) is 10.6. The van der Waals surface area contributed by atoms with E-state index >= 15 is 0 Å². The highest BCUT2D eigenvalue weighted by Gasteiger charge is 2.20. The summed E-state index contributed by atoms with van der Waals surface area (Å²) in [6, 6.07) is 62.1. The van der Waals surface area contributed by atoms with E-state index in [2.05, 4.69) is 170 Å². The topological polar surface area (TPSA) is 13.1 Å². The zero-order valence-corrected chi connectivity index (χ0v) is 26.6. The molecule has 1 nitrogen and oxygen atoms in total. The number of hydrogen-bond donors (Lipinski definition) is 0. The second kappa shape index (κ2) is 10.0. The molecule has 10 aromatic carbocycles. The minimum Gasteiger partial charge on any atom is -0.456 e. The van der Waals surface area contributed by atoms with Crippen LogP contribution in [-0.4, -0.2) is 0 Å². The van der Waals surface area contributed by atoms with Gasteiger partial charge in [-0.2, -0.15) is 0 Å². The van der Waals surface area contributed by atoms with Crippen molar-refractivity contribution in [2.75, 3.05) is 0 Å². The van der Waals surface area contributed by atoms with E-state index in [0.717, 1.165) is 27.5 Å². The summed E-state index contributed by atoms with van der Waals surface area (Å²) in [4.78, 5) is 0. The Morgan fingerprint density at radius 1 is 0.265 bits per heavy atom. The molecule has 11 aromatic rings. The number of hydrogen-bond acceptors (Lipinski definition) is 1. The third kappa shape index (κ3) is 3.87. The molecule has 0 N–H and O–H groups in total. The summed E-state index contributed by atoms with van der Waals surface area (Å²) in [5, 5.41) is 14.9. The van der Waals surface area contributed by atoms with Gasteiger partial charge in [-0.15, -0.1) is 0 Å². The largest absolute Gasteiger partial charge is 0.456 e. The van der Waals surface area contributed by atoms with Crippen molar-refractivity contribution in [3.05, 3.63) is 170 Å². The van der Waals surface area contributed by atoms with Crippen LogP contribution in [0.1, 0.15) is 0 Å². The Bertz CT molecular complexity index is 3070. The first kappa shape index (κ1) is 26.6. The van der Waals surface area contributed by atoms with Crippen LogP contribution in [0.3, 0.4) is 0 Å². The molecule has 11 rings (SSSR count). The molecule has 0 saturated heterocycles. The summed E-state index contributed by atoms with van der Waals surface area (Å²) in [6.45, 7) is 0. The van der Waals surface area contributed by atoms with Gasteiger partial charge in [0.2, 0.25) is 0 Å². The van der Waals surface area contributed by atoms with Crippen LogP contribution in [-0.2, 0) is 0 Å². The van der Waals surface area contributed by atoms with Crippen molar-refractivity contribution in [3.8, 4) is 33.4 Å². The highest BCUT2D eigenvalue weighted by Crippen LogP contribution is 2.46. The van der Waals surface area contributed by atoms with Crippen LogP contribution in [0.15, 0.2) is 174 Å². The van der Waals surface area contributed by atoms with Gasteiger partial charge in [-0.3, -0.25) is 0 Å². The predicted molar refractivity (Wildman–Crippen MR) is 209 cm³/mol. The monoisotopic (exact) mass is 620 g/mol. The quantitative estimate of drug-likeness (QED) is 0.179. The lowest BCUT2D eigenvalue weighted by atomic mass is 9.86. The lowest BCUT2D eigenvalue weighted by Crippen LogP contribution is -1.90. The summed E-state index contributed by atoms with van der Waals surface area (Å²) in [6.07, 6.45) is 0. The number of fused-ring (bicyclic) bond motifs is 5. The molecule has 226 valence electrons. The smallest absolute Gasteiger partial charge is 0.136 e. The van der Waals surface area contributed by atoms with Crippen LogP contribution in [0.5, 0.6) is 0 Å². The summed E-state index contributed by atoms with van der Waals surface area (Å²) in [7, 11) is 0. The Labute approximate surface area is 282 Å². The Hall–Kier alpha value is -6.44. The average molecular weight is 621 g/mol. The molecule has 0 fully saturated rings. The van der Waals surface area contributed by atoms with Crippen LogP contribution < -0.4 is 0 Å². The number of benzene rings is 10. The van der Waals surface area contributed by atoms with E-state index in [0.29, 0.717) is 0 Å². The van der Waals surface area contributed by atoms with Gasteiger partial charge in [0.05, 0.1) is 0 Å². The van der Waals surface area contributed by atoms with E-state index < -0.39 is 0 Å². The maximum atomic E-state index is 6.82. The standard InChI is InChI=1S/C48H28O/c1-2-9-29(10-3-1)36-23-24-37(39-16-7-6-15-38(36)39)35-26-42(48-43-25-33-11-4-5-12-34(33)27-44(43)49-45(48)28-35)40-21-19-32-18-17-30-13-8-14-31-20-22-41(40)47(32)46(30)31/h1-28H. The Morgan fingerprint density at radius 3 is 1.63 bits per heavy atom. The van der Waals surface area contributed by atoms with Crippen molar-refractivity contribution in [1.29, 1.82) is 0 Å². The van der Waals surface area contributed by atoms with Gasteiger partial charge < -0.3 is 4.42 Å². The summed E-state index contributed by atoms with van der Waals surface area (Å²) in [5.41, 5.74) is 9.03. The molecule has 0 aliphatic rings. The summed E-state index contributed by atoms with van der Waals surface area (Å²) < 4.78 is 6.82. The molecule has 49 heavy (non-hydrogen) atoms. The Balaban J connectivity index is 1.26. The molecule has 0 atom stereocenters. The van der Waals surface area contributed by atoms with E-state index in [4.69, 9.17) is 4.42 Å². The van der Waals surface area contributed by atoms with Crippen molar-refractivity contribution < 1.29 is 4.42 Å². The molecule has 0 aliphatic carbocycles. The lowest BCUT2D eigenvalue weighted by Gasteiger charge is -2.16. The van der Waals surface area contributed by atoms with Crippen LogP contribution >= 0.6 is 0 Å². The molecule has 1 heteroatoms. The van der Waals surface area contributed by atoms with Crippen LogP contribution in [0.4, 0.5) is 0 Å². The highest BCUT2D eigenvalue weighted by atomic mass is 16.3. The van der Waals surface area contributed by atoms with Gasteiger partial charge in [0.1, 0.15) is 11.2 Å².